The van der Waals surface area contributed by atoms with Crippen molar-refractivity contribution in [1.82, 2.24) is 28.7 Å². The van der Waals surface area contributed by atoms with Crippen molar-refractivity contribution in [2.24, 2.45) is 0 Å². The molecule has 0 saturated carbocycles. The molecule has 0 spiro atoms. The van der Waals surface area contributed by atoms with Crippen LogP contribution in [0.15, 0.2) is 218 Å². The van der Waals surface area contributed by atoms with Crippen molar-refractivity contribution >= 4 is 65.4 Å². The molecule has 9 aromatic carbocycles. The van der Waals surface area contributed by atoms with Crippen LogP contribution in [-0.2, 0) is 0 Å². The van der Waals surface area contributed by atoms with Gasteiger partial charge in [-0.1, -0.05) is 140 Å². The monoisotopic (exact) mass is 804 g/mol. The lowest BCUT2D eigenvalue weighted by Gasteiger charge is -2.13. The zero-order valence-electron chi connectivity index (χ0n) is 34.0. The maximum absolute atomic E-state index is 5.00. The minimum absolute atomic E-state index is 0.633. The Hall–Kier alpha value is -8.61. The summed E-state index contributed by atoms with van der Waals surface area (Å²) in [5, 5.41) is 7.32. The number of nitrogens with zero attached hydrogens (tertiary/aromatic N) is 6. The average molecular weight is 805 g/mol. The Balaban J connectivity index is 0.976. The molecule has 63 heavy (non-hydrogen) atoms. The number of aromatic nitrogens is 6. The van der Waals surface area contributed by atoms with Gasteiger partial charge in [-0.25, -0.2) is 15.0 Å². The standard InChI is InChI=1S/C57H36N6/c1-3-16-37(17-4-1)55-58-56(38-18-5-2-6-19-38)60-57(59-55)39-30-32-40(33-31-39)61-51-28-13-9-24-45(51)47-36-54-48(35-53(47)61)46-25-10-14-29-52(46)63(54)42-21-15-20-41(34-42)62-49-26-11-7-22-43(49)44-23-8-12-27-50(44)62/h1-36H. The van der Waals surface area contributed by atoms with Gasteiger partial charge in [-0.2, -0.15) is 0 Å². The van der Waals surface area contributed by atoms with Crippen LogP contribution >= 0.6 is 0 Å². The minimum Gasteiger partial charge on any atom is -0.309 e. The highest BCUT2D eigenvalue weighted by Gasteiger charge is 2.20. The van der Waals surface area contributed by atoms with E-state index in [1.54, 1.807) is 0 Å². The third kappa shape index (κ3) is 5.55. The lowest BCUT2D eigenvalue weighted by atomic mass is 10.1. The molecule has 0 aliphatic carbocycles. The second-order valence-corrected chi connectivity index (χ2v) is 16.1. The van der Waals surface area contributed by atoms with Gasteiger partial charge in [0.15, 0.2) is 17.5 Å². The van der Waals surface area contributed by atoms with Crippen molar-refractivity contribution in [2.45, 2.75) is 0 Å². The Morgan fingerprint density at radius 2 is 0.556 bits per heavy atom. The maximum Gasteiger partial charge on any atom is 0.164 e. The lowest BCUT2D eigenvalue weighted by Crippen LogP contribution is -2.00. The summed E-state index contributed by atoms with van der Waals surface area (Å²) in [5.41, 5.74) is 13.1. The van der Waals surface area contributed by atoms with E-state index in [0.717, 1.165) is 44.8 Å². The van der Waals surface area contributed by atoms with Crippen molar-refractivity contribution < 1.29 is 0 Å². The van der Waals surface area contributed by atoms with Gasteiger partial charge in [0.1, 0.15) is 0 Å². The minimum atomic E-state index is 0.633. The van der Waals surface area contributed by atoms with Gasteiger partial charge < -0.3 is 13.7 Å². The number of hydrogen-bond acceptors (Lipinski definition) is 3. The van der Waals surface area contributed by atoms with Gasteiger partial charge in [0.05, 0.1) is 33.1 Å². The van der Waals surface area contributed by atoms with Crippen LogP contribution in [0.1, 0.15) is 0 Å². The van der Waals surface area contributed by atoms with Gasteiger partial charge in [0.25, 0.3) is 0 Å². The molecule has 4 heterocycles. The van der Waals surface area contributed by atoms with Gasteiger partial charge in [0, 0.05) is 66.1 Å². The highest BCUT2D eigenvalue weighted by Crippen LogP contribution is 2.41. The molecule has 0 radical (unpaired) electrons. The summed E-state index contributed by atoms with van der Waals surface area (Å²) in [5.74, 6) is 1.92. The molecular formula is C57H36N6. The maximum atomic E-state index is 5.00. The Kier molecular flexibility index (Phi) is 7.80. The van der Waals surface area contributed by atoms with Crippen molar-refractivity contribution in [2.75, 3.05) is 0 Å². The fraction of sp³-hybridized carbons (Fsp3) is 0. The predicted octanol–water partition coefficient (Wildman–Crippen LogP) is 14.2. The fourth-order valence-corrected chi connectivity index (χ4v) is 9.66. The topological polar surface area (TPSA) is 53.5 Å². The molecule has 6 heteroatoms. The second kappa shape index (κ2) is 14.0. The zero-order chi connectivity index (χ0) is 41.4. The lowest BCUT2D eigenvalue weighted by molar-refractivity contribution is 1.07. The first-order chi connectivity index (χ1) is 31.2. The van der Waals surface area contributed by atoms with Crippen LogP contribution in [0.3, 0.4) is 0 Å². The molecular weight excluding hydrogens is 769 g/mol. The molecule has 0 saturated heterocycles. The number of rotatable bonds is 6. The average Bonchev–Trinajstić information content (AvgIpc) is 3.99. The molecule has 0 atom stereocenters. The summed E-state index contributed by atoms with van der Waals surface area (Å²) in [6.07, 6.45) is 0. The van der Waals surface area contributed by atoms with Crippen molar-refractivity contribution in [3.8, 4) is 51.2 Å². The van der Waals surface area contributed by atoms with Crippen LogP contribution in [0.2, 0.25) is 0 Å². The molecule has 0 fully saturated rings. The number of hydrogen-bond donors (Lipinski definition) is 0. The summed E-state index contributed by atoms with van der Waals surface area (Å²) < 4.78 is 7.22. The summed E-state index contributed by atoms with van der Waals surface area (Å²) in [7, 11) is 0. The highest BCUT2D eigenvalue weighted by atomic mass is 15.0. The number of para-hydroxylation sites is 4. The number of benzene rings is 9. The van der Waals surface area contributed by atoms with Crippen LogP contribution in [-0.4, -0.2) is 28.7 Å². The van der Waals surface area contributed by atoms with Crippen LogP contribution < -0.4 is 0 Å². The molecule has 4 aromatic heterocycles. The Morgan fingerprint density at radius 3 is 0.984 bits per heavy atom. The molecule has 0 amide bonds. The van der Waals surface area contributed by atoms with Crippen molar-refractivity contribution in [1.29, 1.82) is 0 Å². The van der Waals surface area contributed by atoms with Gasteiger partial charge in [0.2, 0.25) is 0 Å². The highest BCUT2D eigenvalue weighted by molar-refractivity contribution is 6.19. The van der Waals surface area contributed by atoms with Crippen LogP contribution in [0.25, 0.3) is 117 Å². The van der Waals surface area contributed by atoms with E-state index in [4.69, 9.17) is 15.0 Å². The first-order valence-electron chi connectivity index (χ1n) is 21.3. The molecule has 294 valence electrons. The summed E-state index contributed by atoms with van der Waals surface area (Å²) >= 11 is 0. The van der Waals surface area contributed by atoms with E-state index in [0.29, 0.717) is 17.5 Å². The molecule has 0 unspecified atom stereocenters. The summed E-state index contributed by atoms with van der Waals surface area (Å²) in [4.78, 5) is 14.9. The third-order valence-electron chi connectivity index (χ3n) is 12.5. The molecule has 13 aromatic rings. The van der Waals surface area contributed by atoms with Gasteiger partial charge >= 0.3 is 0 Å². The fourth-order valence-electron chi connectivity index (χ4n) is 9.66. The van der Waals surface area contributed by atoms with E-state index in [1.807, 2.05) is 60.7 Å². The first kappa shape index (κ1) is 35.2. The summed E-state index contributed by atoms with van der Waals surface area (Å²) in [6.45, 7) is 0. The smallest absolute Gasteiger partial charge is 0.164 e. The van der Waals surface area contributed by atoms with E-state index in [2.05, 4.69) is 171 Å². The van der Waals surface area contributed by atoms with E-state index in [-0.39, 0.29) is 0 Å². The molecule has 6 nitrogen and oxygen atoms in total. The normalized spacial score (nSPS) is 11.8. The third-order valence-corrected chi connectivity index (χ3v) is 12.5. The van der Waals surface area contributed by atoms with Crippen molar-refractivity contribution in [3.05, 3.63) is 218 Å². The molecule has 0 aliphatic rings. The van der Waals surface area contributed by atoms with Gasteiger partial charge in [-0.15, -0.1) is 0 Å². The van der Waals surface area contributed by atoms with Crippen LogP contribution in [0, 0.1) is 0 Å². The van der Waals surface area contributed by atoms with E-state index in [1.165, 1.54) is 54.4 Å². The molecule has 0 aliphatic heterocycles. The largest absolute Gasteiger partial charge is 0.309 e. The van der Waals surface area contributed by atoms with Crippen LogP contribution in [0.5, 0.6) is 0 Å². The molecule has 0 N–H and O–H groups in total. The van der Waals surface area contributed by atoms with E-state index >= 15 is 0 Å². The summed E-state index contributed by atoms with van der Waals surface area (Å²) in [6, 6.07) is 77.5. The van der Waals surface area contributed by atoms with Crippen molar-refractivity contribution in [3.63, 3.8) is 0 Å². The quantitative estimate of drug-likeness (QED) is 0.168. The molecule has 0 bridgehead atoms. The van der Waals surface area contributed by atoms with E-state index < -0.39 is 0 Å². The molecule has 13 rings (SSSR count). The predicted molar refractivity (Wildman–Crippen MR) is 259 cm³/mol. The van der Waals surface area contributed by atoms with Gasteiger partial charge in [-0.3, -0.25) is 0 Å². The van der Waals surface area contributed by atoms with Crippen LogP contribution in [0.4, 0.5) is 0 Å². The number of fused-ring (bicyclic) bond motifs is 9. The van der Waals surface area contributed by atoms with Gasteiger partial charge in [-0.05, 0) is 78.9 Å². The first-order valence-corrected chi connectivity index (χ1v) is 21.3. The van der Waals surface area contributed by atoms with E-state index in [9.17, 15) is 0 Å². The zero-order valence-corrected chi connectivity index (χ0v) is 34.0. The SMILES string of the molecule is c1ccc(-c2nc(-c3ccccc3)nc(-c3ccc(-n4c5ccccc5c5cc6c(cc54)c4ccccc4n6-c4cccc(-n5c6ccccc6c6ccccc65)c4)cc3)n2)cc1. The second-order valence-electron chi connectivity index (χ2n) is 16.1. The Morgan fingerprint density at radius 1 is 0.222 bits per heavy atom. The Labute approximate surface area is 362 Å². The Bertz CT molecular complexity index is 3790.